The van der Waals surface area contributed by atoms with Gasteiger partial charge in [0.15, 0.2) is 0 Å². The second kappa shape index (κ2) is 15.9. The van der Waals surface area contributed by atoms with Gasteiger partial charge in [-0.3, -0.25) is 4.79 Å². The minimum Gasteiger partial charge on any atom is -0.686 e. The molecule has 4 aliphatic heterocycles. The largest absolute Gasteiger partial charge is 2.00 e. The summed E-state index contributed by atoms with van der Waals surface area (Å²) in [7, 11) is 0. The van der Waals surface area contributed by atoms with Crippen LogP contribution in [-0.4, -0.2) is 61.4 Å². The molecule has 33 heavy (non-hydrogen) atoms. The molecule has 3 N–H and O–H groups in total. The minimum absolute atomic E-state index is 0. The van der Waals surface area contributed by atoms with Crippen LogP contribution in [0.3, 0.4) is 0 Å². The molecule has 4 fully saturated rings. The molecule has 0 bridgehead atoms. The topological polar surface area (TPSA) is 120 Å². The number of nitrogens with two attached hydrogens (primary N) is 1. The third-order valence-electron chi connectivity index (χ3n) is 6.76. The average Bonchev–Trinajstić information content (AvgIpc) is 3.72. The van der Waals surface area contributed by atoms with E-state index in [1.54, 1.807) is 0 Å². The van der Waals surface area contributed by atoms with Crippen LogP contribution in [0.25, 0.3) is 21.3 Å². The molecule has 0 aromatic carbocycles. The molecule has 5 rings (SSSR count). The van der Waals surface area contributed by atoms with Crippen molar-refractivity contribution >= 4 is 5.97 Å². The third kappa shape index (κ3) is 10.5. The third-order valence-corrected chi connectivity index (χ3v) is 6.76. The quantitative estimate of drug-likeness (QED) is 0.537. The van der Waals surface area contributed by atoms with Gasteiger partial charge in [0, 0.05) is 0 Å². The van der Waals surface area contributed by atoms with Gasteiger partial charge in [-0.2, -0.15) is 17.8 Å². The van der Waals surface area contributed by atoms with Crippen LogP contribution < -0.4 is 5.73 Å². The smallest absolute Gasteiger partial charge is 0.686 e. The van der Waals surface area contributed by atoms with Crippen LogP contribution in [-0.2, 0) is 21.6 Å². The molecule has 4 heterocycles. The minimum atomic E-state index is -0.868. The Morgan fingerprint density at radius 2 is 1.45 bits per heavy atom. The number of hydrogen-bond donors (Lipinski definition) is 2. The molecule has 4 atom stereocenters. The normalized spacial score (nSPS) is 30.0. The van der Waals surface area contributed by atoms with E-state index in [9.17, 15) is 4.79 Å². The number of rotatable bonds is 4. The molecule has 0 aromatic heterocycles. The van der Waals surface area contributed by atoms with Gasteiger partial charge < -0.3 is 32.1 Å². The Morgan fingerprint density at radius 3 is 1.82 bits per heavy atom. The number of hydrogen-bond acceptors (Lipinski definition) is 2. The van der Waals surface area contributed by atoms with Gasteiger partial charge in [-0.15, -0.1) is 38.3 Å². The van der Waals surface area contributed by atoms with Crippen LogP contribution in [0.5, 0.6) is 0 Å². The van der Waals surface area contributed by atoms with Crippen molar-refractivity contribution in [3.05, 3.63) is 45.2 Å². The van der Waals surface area contributed by atoms with Gasteiger partial charge in [-0.05, 0) is 18.8 Å². The molecule has 1 radical (unpaired) electrons. The van der Waals surface area contributed by atoms with Gasteiger partial charge in [0.05, 0.1) is 0 Å². The van der Waals surface area contributed by atoms with E-state index in [0.717, 1.165) is 39.0 Å². The zero-order chi connectivity index (χ0) is 22.6. The predicted molar refractivity (Wildman–Crippen MR) is 131 cm³/mol. The molecule has 189 valence electrons. The van der Waals surface area contributed by atoms with Crippen LogP contribution in [0.2, 0.25) is 0 Å². The Morgan fingerprint density at radius 1 is 0.879 bits per heavy atom. The van der Waals surface area contributed by atoms with Gasteiger partial charge in [-0.25, -0.2) is 0 Å². The summed E-state index contributed by atoms with van der Waals surface area (Å²) in [5, 5.41) is 26.6. The molecule has 3 saturated heterocycles. The molecular weight excluding hydrogens is 461 g/mol. The summed E-state index contributed by atoms with van der Waals surface area (Å²) < 4.78 is 0. The van der Waals surface area contributed by atoms with E-state index in [4.69, 9.17) is 10.8 Å². The fourth-order valence-electron chi connectivity index (χ4n) is 4.60. The Kier molecular flexibility index (Phi) is 13.6. The van der Waals surface area contributed by atoms with Crippen molar-refractivity contribution in [1.82, 2.24) is 0 Å². The Bertz CT molecular complexity index is 592. The van der Waals surface area contributed by atoms with Gasteiger partial charge in [0.2, 0.25) is 0 Å². The van der Waals surface area contributed by atoms with Crippen LogP contribution >= 0.6 is 0 Å². The summed E-state index contributed by atoms with van der Waals surface area (Å²) in [6.45, 7) is 4.06. The Hall–Kier alpha value is -0.904. The van der Waals surface area contributed by atoms with Crippen molar-refractivity contribution in [1.29, 1.82) is 0 Å². The maximum atomic E-state index is 10.1. The fourth-order valence-corrected chi connectivity index (χ4v) is 4.60. The maximum Gasteiger partial charge on any atom is 2.00 e. The molecule has 1 aliphatic carbocycles. The number of nitrogens with zero attached hydrogens (tertiary/aromatic N) is 4. The van der Waals surface area contributed by atoms with Crippen molar-refractivity contribution in [2.24, 2.45) is 11.7 Å². The summed E-state index contributed by atoms with van der Waals surface area (Å²) in [4.78, 5) is 10.1. The zero-order valence-corrected chi connectivity index (χ0v) is 20.8. The van der Waals surface area contributed by atoms with Crippen LogP contribution in [0, 0.1) is 5.92 Å². The Labute approximate surface area is 210 Å². The monoisotopic (exact) mass is 502 g/mol. The predicted octanol–water partition coefficient (Wildman–Crippen LogP) is 5.38. The molecule has 5 aliphatic rings. The standard InChI is InChI=1S/C10H18N2.C10H14N2.C5H9NO2.Co/c2*1-3-7-11-9(5-1)10-6-2-4-8-12-10;6-4(5(7)8)3-1-2-3;/h9-10H,1-8H2;1,3,5,10H,2,4,6-8H2;3-4H,1-2,6H2,(H,7,8);/q2*-2;;+2. The number of allylic oxidation sites excluding steroid dienone is 2. The van der Waals surface area contributed by atoms with Crippen molar-refractivity contribution in [2.45, 2.75) is 94.8 Å². The van der Waals surface area contributed by atoms with Gasteiger partial charge >= 0.3 is 22.7 Å². The van der Waals surface area contributed by atoms with Gasteiger partial charge in [-0.1, -0.05) is 69.9 Å². The molecule has 7 nitrogen and oxygen atoms in total. The SMILES string of the molecule is C1=CC[N-]C(C2CCCC[N-]2)=C1.C1CCC(C2CCCC[N-]2)[N-]C1.NC(C(=O)O)C1CC1.[Co+2]. The first-order chi connectivity index (χ1) is 15.6. The molecule has 1 saturated carbocycles. The number of aliphatic carboxylic acids is 1. The van der Waals surface area contributed by atoms with Crippen LogP contribution in [0.4, 0.5) is 0 Å². The first kappa shape index (κ1) is 28.3. The van der Waals surface area contributed by atoms with E-state index in [0.29, 0.717) is 18.1 Å². The molecule has 0 spiro atoms. The molecule has 0 amide bonds. The van der Waals surface area contributed by atoms with E-state index in [1.807, 2.05) is 0 Å². The summed E-state index contributed by atoms with van der Waals surface area (Å²) >= 11 is 0. The molecular formula is C25H41CoN5O2-2. The number of carboxylic acid groups (broad SMARTS) is 1. The van der Waals surface area contributed by atoms with E-state index < -0.39 is 12.0 Å². The summed E-state index contributed by atoms with van der Waals surface area (Å²) in [6, 6.07) is 0.997. The number of carbonyl (C=O) groups is 1. The first-order valence-corrected chi connectivity index (χ1v) is 12.7. The van der Waals surface area contributed by atoms with Crippen molar-refractivity contribution < 1.29 is 26.7 Å². The van der Waals surface area contributed by atoms with E-state index in [-0.39, 0.29) is 22.7 Å². The van der Waals surface area contributed by atoms with Gasteiger partial charge in [0.25, 0.3) is 0 Å². The summed E-state index contributed by atoms with van der Waals surface area (Å²) in [5.74, 6) is -0.597. The first-order valence-electron chi connectivity index (χ1n) is 12.7. The average molecular weight is 503 g/mol. The maximum absolute atomic E-state index is 10.1. The van der Waals surface area contributed by atoms with Crippen molar-refractivity contribution in [2.75, 3.05) is 26.2 Å². The molecule has 8 heteroatoms. The van der Waals surface area contributed by atoms with Crippen LogP contribution in [0.1, 0.15) is 70.6 Å². The zero-order valence-electron chi connectivity index (χ0n) is 19.8. The second-order valence-corrected chi connectivity index (χ2v) is 9.42. The molecule has 0 aromatic rings. The van der Waals surface area contributed by atoms with E-state index in [2.05, 4.69) is 39.5 Å². The van der Waals surface area contributed by atoms with E-state index in [1.165, 1.54) is 63.5 Å². The van der Waals surface area contributed by atoms with Gasteiger partial charge in [0.1, 0.15) is 6.04 Å². The van der Waals surface area contributed by atoms with Crippen molar-refractivity contribution in [3.8, 4) is 0 Å². The number of carboxylic acids is 1. The van der Waals surface area contributed by atoms with E-state index >= 15 is 0 Å². The molecule has 4 unspecified atom stereocenters. The van der Waals surface area contributed by atoms with Crippen molar-refractivity contribution in [3.63, 3.8) is 0 Å². The summed E-state index contributed by atoms with van der Waals surface area (Å²) in [5.41, 5.74) is 6.41. The Balaban J connectivity index is 0.000000177. The fraction of sp³-hybridized carbons (Fsp3) is 0.800. The second-order valence-electron chi connectivity index (χ2n) is 9.42. The number of piperidine rings is 3. The van der Waals surface area contributed by atoms with Crippen LogP contribution in [0.15, 0.2) is 23.9 Å². The summed E-state index contributed by atoms with van der Waals surface area (Å²) in [6.07, 6.45) is 20.0.